The summed E-state index contributed by atoms with van der Waals surface area (Å²) in [6, 6.07) is 4.44. The first-order valence-electron chi connectivity index (χ1n) is 8.74. The van der Waals surface area contributed by atoms with Gasteiger partial charge in [-0.1, -0.05) is 23.2 Å². The van der Waals surface area contributed by atoms with Crippen molar-refractivity contribution in [2.75, 3.05) is 11.9 Å². The minimum Gasteiger partial charge on any atom is -0.462 e. The quantitative estimate of drug-likeness (QED) is 0.578. The van der Waals surface area contributed by atoms with Crippen molar-refractivity contribution in [1.29, 1.82) is 0 Å². The molecular formula is C20H21Cl2NO5S. The molecule has 0 saturated heterocycles. The normalized spacial score (nSPS) is 11.1. The van der Waals surface area contributed by atoms with Crippen LogP contribution < -0.4 is 5.32 Å². The van der Waals surface area contributed by atoms with Crippen LogP contribution in [0.2, 0.25) is 10.0 Å². The molecular weight excluding hydrogens is 437 g/mol. The second-order valence-electron chi connectivity index (χ2n) is 7.06. The van der Waals surface area contributed by atoms with E-state index in [-0.39, 0.29) is 32.6 Å². The van der Waals surface area contributed by atoms with Crippen molar-refractivity contribution in [3.63, 3.8) is 0 Å². The first kappa shape index (κ1) is 23.2. The minimum absolute atomic E-state index is 0.108. The molecule has 0 spiro atoms. The molecule has 0 unspecified atom stereocenters. The summed E-state index contributed by atoms with van der Waals surface area (Å²) < 4.78 is 10.5. The van der Waals surface area contributed by atoms with Gasteiger partial charge in [-0.25, -0.2) is 9.59 Å². The van der Waals surface area contributed by atoms with Crippen molar-refractivity contribution in [1.82, 2.24) is 0 Å². The monoisotopic (exact) mass is 457 g/mol. The fourth-order valence-electron chi connectivity index (χ4n) is 2.41. The molecule has 1 amide bonds. The van der Waals surface area contributed by atoms with Gasteiger partial charge in [0, 0.05) is 5.02 Å². The Balaban J connectivity index is 2.46. The van der Waals surface area contributed by atoms with Gasteiger partial charge in [0.05, 0.1) is 22.8 Å². The van der Waals surface area contributed by atoms with Gasteiger partial charge in [-0.3, -0.25) is 4.79 Å². The number of carbonyl (C=O) groups excluding carboxylic acids is 3. The molecule has 9 heteroatoms. The molecule has 2 rings (SSSR count). The maximum atomic E-state index is 12.7. The third-order valence-corrected chi connectivity index (χ3v) is 5.35. The van der Waals surface area contributed by atoms with Crippen molar-refractivity contribution in [3.8, 4) is 0 Å². The summed E-state index contributed by atoms with van der Waals surface area (Å²) in [6.07, 6.45) is 0. The summed E-state index contributed by atoms with van der Waals surface area (Å²) in [5.74, 6) is -1.78. The van der Waals surface area contributed by atoms with Crippen LogP contribution in [0.5, 0.6) is 0 Å². The SMILES string of the molecule is CCOC(=O)c1c(NC(=O)c2ccc(Cl)cc2Cl)sc(C(=O)OC(C)(C)C)c1C. The van der Waals surface area contributed by atoms with Crippen LogP contribution in [0.3, 0.4) is 0 Å². The van der Waals surface area contributed by atoms with E-state index in [1.165, 1.54) is 18.2 Å². The lowest BCUT2D eigenvalue weighted by atomic mass is 10.1. The summed E-state index contributed by atoms with van der Waals surface area (Å²) >= 11 is 12.9. The maximum Gasteiger partial charge on any atom is 0.349 e. The van der Waals surface area contributed by atoms with Crippen LogP contribution in [-0.2, 0) is 9.47 Å². The lowest BCUT2D eigenvalue weighted by molar-refractivity contribution is 0.00744. The van der Waals surface area contributed by atoms with Gasteiger partial charge in [0.25, 0.3) is 5.91 Å². The Bertz CT molecular complexity index is 963. The standard InChI is InChI=1S/C20H21Cl2NO5S/c1-6-27-18(25)14-10(2)15(19(26)28-20(3,4)5)29-17(14)23-16(24)12-8-7-11(21)9-13(12)22/h7-9H,6H2,1-5H3,(H,23,24). The van der Waals surface area contributed by atoms with E-state index in [1.54, 1.807) is 34.6 Å². The van der Waals surface area contributed by atoms with E-state index >= 15 is 0 Å². The second-order valence-corrected chi connectivity index (χ2v) is 8.93. The number of halogens is 2. The highest BCUT2D eigenvalue weighted by atomic mass is 35.5. The van der Waals surface area contributed by atoms with Crippen molar-refractivity contribution < 1.29 is 23.9 Å². The number of carbonyl (C=O) groups is 3. The number of ether oxygens (including phenoxy) is 2. The zero-order chi connectivity index (χ0) is 21.9. The van der Waals surface area contributed by atoms with Crippen molar-refractivity contribution in [2.45, 2.75) is 40.2 Å². The summed E-state index contributed by atoms with van der Waals surface area (Å²) in [5, 5.41) is 3.37. The predicted molar refractivity (Wildman–Crippen MR) is 115 cm³/mol. The molecule has 1 aromatic heterocycles. The van der Waals surface area contributed by atoms with Gasteiger partial charge >= 0.3 is 11.9 Å². The van der Waals surface area contributed by atoms with Crippen LogP contribution in [0.4, 0.5) is 5.00 Å². The van der Waals surface area contributed by atoms with E-state index in [9.17, 15) is 14.4 Å². The molecule has 0 atom stereocenters. The molecule has 1 N–H and O–H groups in total. The molecule has 0 aliphatic carbocycles. The molecule has 0 aliphatic rings. The molecule has 0 bridgehead atoms. The summed E-state index contributed by atoms with van der Waals surface area (Å²) in [7, 11) is 0. The van der Waals surface area contributed by atoms with E-state index in [4.69, 9.17) is 32.7 Å². The molecule has 0 radical (unpaired) electrons. The molecule has 0 fully saturated rings. The number of rotatable bonds is 5. The van der Waals surface area contributed by atoms with Crippen LogP contribution >= 0.6 is 34.5 Å². The predicted octanol–water partition coefficient (Wildman–Crippen LogP) is 5.75. The maximum absolute atomic E-state index is 12.7. The van der Waals surface area contributed by atoms with Crippen LogP contribution in [0.1, 0.15) is 63.6 Å². The molecule has 0 aliphatic heterocycles. The Morgan fingerprint density at radius 3 is 2.34 bits per heavy atom. The third-order valence-electron chi connectivity index (χ3n) is 3.61. The topological polar surface area (TPSA) is 81.7 Å². The van der Waals surface area contributed by atoms with E-state index in [0.29, 0.717) is 10.6 Å². The number of amides is 1. The highest BCUT2D eigenvalue weighted by Gasteiger charge is 2.29. The van der Waals surface area contributed by atoms with Crippen LogP contribution in [0, 0.1) is 6.92 Å². The average molecular weight is 458 g/mol. The molecule has 29 heavy (non-hydrogen) atoms. The number of esters is 2. The first-order valence-corrected chi connectivity index (χ1v) is 10.3. The molecule has 156 valence electrons. The fourth-order valence-corrected chi connectivity index (χ4v) is 3.97. The lowest BCUT2D eigenvalue weighted by Gasteiger charge is -2.19. The Kier molecular flexibility index (Phi) is 7.32. The summed E-state index contributed by atoms with van der Waals surface area (Å²) in [6.45, 7) is 8.64. The van der Waals surface area contributed by atoms with Gasteiger partial charge in [-0.2, -0.15) is 0 Å². The van der Waals surface area contributed by atoms with Gasteiger partial charge in [-0.15, -0.1) is 11.3 Å². The van der Waals surface area contributed by atoms with Crippen LogP contribution in [0.15, 0.2) is 18.2 Å². The number of nitrogens with one attached hydrogen (secondary N) is 1. The molecule has 1 heterocycles. The number of hydrogen-bond acceptors (Lipinski definition) is 6. The Hall–Kier alpha value is -2.09. The molecule has 0 saturated carbocycles. The zero-order valence-corrected chi connectivity index (χ0v) is 19.0. The fraction of sp³-hybridized carbons (Fsp3) is 0.350. The number of benzene rings is 1. The average Bonchev–Trinajstić information content (AvgIpc) is 2.89. The first-order chi connectivity index (χ1) is 13.4. The molecule has 2 aromatic rings. The largest absolute Gasteiger partial charge is 0.462 e. The second kappa shape index (κ2) is 9.15. The smallest absolute Gasteiger partial charge is 0.349 e. The highest BCUT2D eigenvalue weighted by molar-refractivity contribution is 7.18. The van der Waals surface area contributed by atoms with Gasteiger partial charge in [0.15, 0.2) is 0 Å². The van der Waals surface area contributed by atoms with Crippen molar-refractivity contribution in [3.05, 3.63) is 49.8 Å². The van der Waals surface area contributed by atoms with E-state index < -0.39 is 23.4 Å². The van der Waals surface area contributed by atoms with Gasteiger partial charge in [-0.05, 0) is 58.4 Å². The minimum atomic E-state index is -0.710. The van der Waals surface area contributed by atoms with Crippen LogP contribution in [-0.4, -0.2) is 30.1 Å². The number of thiophene rings is 1. The van der Waals surface area contributed by atoms with Crippen molar-refractivity contribution in [2.24, 2.45) is 0 Å². The Morgan fingerprint density at radius 2 is 1.79 bits per heavy atom. The van der Waals surface area contributed by atoms with Gasteiger partial charge < -0.3 is 14.8 Å². The Morgan fingerprint density at radius 1 is 1.14 bits per heavy atom. The van der Waals surface area contributed by atoms with Crippen LogP contribution in [0.25, 0.3) is 0 Å². The number of anilines is 1. The van der Waals surface area contributed by atoms with E-state index in [2.05, 4.69) is 5.32 Å². The zero-order valence-electron chi connectivity index (χ0n) is 16.6. The third kappa shape index (κ3) is 5.72. The Labute approximate surface area is 183 Å². The summed E-state index contributed by atoms with van der Waals surface area (Å²) in [5.41, 5.74) is -0.0511. The lowest BCUT2D eigenvalue weighted by Crippen LogP contribution is -2.23. The van der Waals surface area contributed by atoms with Crippen molar-refractivity contribution >= 4 is 57.4 Å². The number of hydrogen-bond donors (Lipinski definition) is 1. The van der Waals surface area contributed by atoms with Gasteiger partial charge in [0.2, 0.25) is 0 Å². The van der Waals surface area contributed by atoms with E-state index in [1.807, 2.05) is 0 Å². The highest BCUT2D eigenvalue weighted by Crippen LogP contribution is 2.35. The van der Waals surface area contributed by atoms with Gasteiger partial charge in [0.1, 0.15) is 15.5 Å². The summed E-state index contributed by atoms with van der Waals surface area (Å²) in [4.78, 5) is 37.9. The molecule has 1 aromatic carbocycles. The van der Waals surface area contributed by atoms with E-state index in [0.717, 1.165) is 11.3 Å². The molecule has 6 nitrogen and oxygen atoms in total.